The predicted molar refractivity (Wildman–Crippen MR) is 81.4 cm³/mol. The van der Waals surface area contributed by atoms with E-state index in [1.165, 1.54) is 0 Å². The van der Waals surface area contributed by atoms with Crippen LogP contribution in [0.25, 0.3) is 0 Å². The minimum atomic E-state index is -0.864. The summed E-state index contributed by atoms with van der Waals surface area (Å²) in [5.74, 6) is -0.864. The Kier molecular flexibility index (Phi) is 4.50. The number of hydrogen-bond acceptors (Lipinski definition) is 2. The lowest BCUT2D eigenvalue weighted by atomic mass is 9.92. The van der Waals surface area contributed by atoms with Gasteiger partial charge in [-0.15, -0.1) is 0 Å². The summed E-state index contributed by atoms with van der Waals surface area (Å²) >= 11 is 0. The van der Waals surface area contributed by atoms with E-state index in [2.05, 4.69) is 24.5 Å². The molecular weight excluding hydrogens is 268 g/mol. The molecule has 1 fully saturated rings. The molecule has 0 aliphatic heterocycles. The van der Waals surface area contributed by atoms with Crippen molar-refractivity contribution < 1.29 is 14.7 Å². The summed E-state index contributed by atoms with van der Waals surface area (Å²) in [6, 6.07) is 6.88. The lowest BCUT2D eigenvalue weighted by Crippen LogP contribution is -2.36. The summed E-state index contributed by atoms with van der Waals surface area (Å²) in [5.41, 5.74) is 1.68. The van der Waals surface area contributed by atoms with E-state index in [1.54, 1.807) is 24.3 Å². The first kappa shape index (κ1) is 15.4. The molecule has 0 radical (unpaired) electrons. The molecule has 0 heterocycles. The lowest BCUT2D eigenvalue weighted by Gasteiger charge is -2.18. The Morgan fingerprint density at radius 3 is 2.48 bits per heavy atom. The van der Waals surface area contributed by atoms with E-state index in [0.29, 0.717) is 16.7 Å². The number of carbonyl (C=O) groups is 2. The van der Waals surface area contributed by atoms with Gasteiger partial charge in [0.05, 0.1) is 6.42 Å². The van der Waals surface area contributed by atoms with Gasteiger partial charge in [-0.2, -0.15) is 0 Å². The highest BCUT2D eigenvalue weighted by molar-refractivity contribution is 5.89. The van der Waals surface area contributed by atoms with Crippen LogP contribution in [-0.4, -0.2) is 23.1 Å². The zero-order chi connectivity index (χ0) is 15.5. The van der Waals surface area contributed by atoms with Crippen molar-refractivity contribution in [2.24, 2.45) is 5.41 Å². The second-order valence-electron chi connectivity index (χ2n) is 6.47. The van der Waals surface area contributed by atoms with Crippen LogP contribution in [0.2, 0.25) is 0 Å². The molecule has 1 aliphatic rings. The average molecular weight is 290 g/mol. The first-order valence-corrected chi connectivity index (χ1v) is 7.22. The van der Waals surface area contributed by atoms with Crippen molar-refractivity contribution in [1.29, 1.82) is 0 Å². The monoisotopic (exact) mass is 290 g/mol. The molecule has 2 rings (SSSR count). The molecule has 114 valence electrons. The van der Waals surface area contributed by atoms with Gasteiger partial charge in [0.25, 0.3) is 0 Å². The average Bonchev–Trinajstić information content (AvgIpc) is 2.70. The van der Waals surface area contributed by atoms with Gasteiger partial charge >= 0.3 is 12.0 Å². The van der Waals surface area contributed by atoms with Crippen molar-refractivity contribution in [2.75, 3.05) is 5.32 Å². The van der Waals surface area contributed by atoms with Crippen LogP contribution in [0.3, 0.4) is 0 Å². The number of carboxylic acid groups (broad SMARTS) is 1. The van der Waals surface area contributed by atoms with Gasteiger partial charge in [0.2, 0.25) is 0 Å². The molecule has 0 spiro atoms. The number of urea groups is 1. The summed E-state index contributed by atoms with van der Waals surface area (Å²) in [4.78, 5) is 22.5. The van der Waals surface area contributed by atoms with Gasteiger partial charge in [-0.1, -0.05) is 26.0 Å². The third-order valence-electron chi connectivity index (χ3n) is 3.87. The molecule has 0 saturated heterocycles. The first-order valence-electron chi connectivity index (χ1n) is 7.22. The smallest absolute Gasteiger partial charge is 0.319 e. The van der Waals surface area contributed by atoms with Crippen LogP contribution in [0.4, 0.5) is 10.5 Å². The molecule has 2 amide bonds. The third kappa shape index (κ3) is 4.77. The van der Waals surface area contributed by atoms with Crippen LogP contribution in [0.1, 0.15) is 38.7 Å². The number of carbonyl (C=O) groups excluding carboxylic acids is 1. The number of benzene rings is 1. The summed E-state index contributed by atoms with van der Waals surface area (Å²) in [6.07, 6.45) is 3.13. The maximum atomic E-state index is 11.9. The molecule has 1 unspecified atom stereocenters. The number of rotatable bonds is 4. The van der Waals surface area contributed by atoms with E-state index in [-0.39, 0.29) is 18.5 Å². The summed E-state index contributed by atoms with van der Waals surface area (Å²) < 4.78 is 0. The van der Waals surface area contributed by atoms with Crippen molar-refractivity contribution >= 4 is 17.7 Å². The van der Waals surface area contributed by atoms with Crippen LogP contribution in [0.5, 0.6) is 0 Å². The van der Waals surface area contributed by atoms with Crippen LogP contribution < -0.4 is 10.6 Å². The quantitative estimate of drug-likeness (QED) is 0.797. The van der Waals surface area contributed by atoms with E-state index in [1.807, 2.05) is 0 Å². The molecule has 5 heteroatoms. The van der Waals surface area contributed by atoms with Crippen molar-refractivity contribution in [2.45, 2.75) is 45.6 Å². The molecule has 1 saturated carbocycles. The SMILES string of the molecule is CC1(C)CCC(NC(=O)Nc2ccc(CC(=O)O)cc2)C1. The van der Waals surface area contributed by atoms with E-state index in [0.717, 1.165) is 19.3 Å². The fourth-order valence-corrected chi connectivity index (χ4v) is 2.79. The molecule has 1 aromatic carbocycles. The second kappa shape index (κ2) is 6.16. The van der Waals surface area contributed by atoms with Crippen LogP contribution in [0.15, 0.2) is 24.3 Å². The molecule has 1 aliphatic carbocycles. The molecule has 0 bridgehead atoms. The third-order valence-corrected chi connectivity index (χ3v) is 3.87. The van der Waals surface area contributed by atoms with Crippen molar-refractivity contribution in [1.82, 2.24) is 5.32 Å². The Balaban J connectivity index is 1.84. The highest BCUT2D eigenvalue weighted by Gasteiger charge is 2.31. The van der Waals surface area contributed by atoms with Crippen molar-refractivity contribution in [3.8, 4) is 0 Å². The largest absolute Gasteiger partial charge is 0.481 e. The van der Waals surface area contributed by atoms with Gasteiger partial charge in [0.15, 0.2) is 0 Å². The first-order chi connectivity index (χ1) is 9.84. The maximum absolute atomic E-state index is 11.9. The van der Waals surface area contributed by atoms with Gasteiger partial charge in [-0.05, 0) is 42.4 Å². The normalized spacial score (nSPS) is 20.0. The number of amides is 2. The standard InChI is InChI=1S/C16H22N2O3/c1-16(2)8-7-13(10-16)18-15(21)17-12-5-3-11(4-6-12)9-14(19)20/h3-6,13H,7-10H2,1-2H3,(H,19,20)(H2,17,18,21). The summed E-state index contributed by atoms with van der Waals surface area (Å²) in [6.45, 7) is 4.43. The minimum Gasteiger partial charge on any atom is -0.481 e. The lowest BCUT2D eigenvalue weighted by molar-refractivity contribution is -0.136. The van der Waals surface area contributed by atoms with E-state index in [4.69, 9.17) is 5.11 Å². The number of aliphatic carboxylic acids is 1. The van der Waals surface area contributed by atoms with Gasteiger partial charge in [0, 0.05) is 11.7 Å². The van der Waals surface area contributed by atoms with Gasteiger partial charge in [0.1, 0.15) is 0 Å². The molecule has 1 aromatic rings. The highest BCUT2D eigenvalue weighted by Crippen LogP contribution is 2.36. The Labute approximate surface area is 124 Å². The van der Waals surface area contributed by atoms with Crippen molar-refractivity contribution in [3.63, 3.8) is 0 Å². The van der Waals surface area contributed by atoms with Crippen molar-refractivity contribution in [3.05, 3.63) is 29.8 Å². The molecule has 3 N–H and O–H groups in total. The van der Waals surface area contributed by atoms with E-state index >= 15 is 0 Å². The summed E-state index contributed by atoms with van der Waals surface area (Å²) in [7, 11) is 0. The molecule has 21 heavy (non-hydrogen) atoms. The fourth-order valence-electron chi connectivity index (χ4n) is 2.79. The number of hydrogen-bond donors (Lipinski definition) is 3. The number of carboxylic acids is 1. The van der Waals surface area contributed by atoms with Gasteiger partial charge < -0.3 is 15.7 Å². The maximum Gasteiger partial charge on any atom is 0.319 e. The number of anilines is 1. The minimum absolute atomic E-state index is 0.0103. The highest BCUT2D eigenvalue weighted by atomic mass is 16.4. The molecule has 1 atom stereocenters. The van der Waals surface area contributed by atoms with Crippen LogP contribution in [0, 0.1) is 5.41 Å². The fraction of sp³-hybridized carbons (Fsp3) is 0.500. The molecule has 5 nitrogen and oxygen atoms in total. The molecular formula is C16H22N2O3. The Bertz CT molecular complexity index is 523. The Hall–Kier alpha value is -2.04. The Morgan fingerprint density at radius 1 is 1.29 bits per heavy atom. The van der Waals surface area contributed by atoms with E-state index < -0.39 is 5.97 Å². The summed E-state index contributed by atoms with van der Waals surface area (Å²) in [5, 5.41) is 14.5. The van der Waals surface area contributed by atoms with Gasteiger partial charge in [-0.25, -0.2) is 4.79 Å². The zero-order valence-corrected chi connectivity index (χ0v) is 12.5. The topological polar surface area (TPSA) is 78.4 Å². The zero-order valence-electron chi connectivity index (χ0n) is 12.5. The Morgan fingerprint density at radius 2 is 1.95 bits per heavy atom. The predicted octanol–water partition coefficient (Wildman–Crippen LogP) is 3.01. The van der Waals surface area contributed by atoms with E-state index in [9.17, 15) is 9.59 Å². The molecule has 0 aromatic heterocycles. The van der Waals surface area contributed by atoms with Gasteiger partial charge in [-0.3, -0.25) is 4.79 Å². The van der Waals surface area contributed by atoms with Crippen LogP contribution >= 0.6 is 0 Å². The number of nitrogens with one attached hydrogen (secondary N) is 2. The second-order valence-corrected chi connectivity index (χ2v) is 6.47. The van der Waals surface area contributed by atoms with Crippen LogP contribution in [-0.2, 0) is 11.2 Å².